The highest BCUT2D eigenvalue weighted by Gasteiger charge is 2.25. The molecule has 5 heteroatoms. The van der Waals surface area contributed by atoms with Crippen LogP contribution in [0.1, 0.15) is 43.9 Å². The molecule has 1 N–H and O–H groups in total. The van der Waals surface area contributed by atoms with Crippen molar-refractivity contribution in [2.24, 2.45) is 0 Å². The van der Waals surface area contributed by atoms with E-state index in [9.17, 15) is 4.79 Å². The Bertz CT molecular complexity index is 472. The highest BCUT2D eigenvalue weighted by molar-refractivity contribution is 5.92. The van der Waals surface area contributed by atoms with Gasteiger partial charge in [-0.2, -0.15) is 5.10 Å². The van der Waals surface area contributed by atoms with Gasteiger partial charge in [-0.3, -0.25) is 9.48 Å². The smallest absolute Gasteiger partial charge is 0.274 e. The Morgan fingerprint density at radius 1 is 1.47 bits per heavy atom. The Morgan fingerprint density at radius 2 is 2.16 bits per heavy atom. The van der Waals surface area contributed by atoms with Crippen LogP contribution in [0.25, 0.3) is 0 Å². The highest BCUT2D eigenvalue weighted by Crippen LogP contribution is 2.18. The molecule has 19 heavy (non-hydrogen) atoms. The third-order valence-corrected chi connectivity index (χ3v) is 3.40. The van der Waals surface area contributed by atoms with Crippen LogP contribution in [0.4, 0.5) is 0 Å². The van der Waals surface area contributed by atoms with Gasteiger partial charge in [-0.05, 0) is 40.7 Å². The zero-order valence-corrected chi connectivity index (χ0v) is 12.5. The lowest BCUT2D eigenvalue weighted by Gasteiger charge is -2.31. The van der Waals surface area contributed by atoms with Gasteiger partial charge in [0.1, 0.15) is 0 Å². The van der Waals surface area contributed by atoms with E-state index in [1.807, 2.05) is 22.6 Å². The first kappa shape index (κ1) is 14.1. The van der Waals surface area contributed by atoms with Crippen LogP contribution in [0.15, 0.2) is 6.07 Å². The van der Waals surface area contributed by atoms with Gasteiger partial charge in [-0.25, -0.2) is 0 Å². The first-order valence-corrected chi connectivity index (χ1v) is 6.89. The van der Waals surface area contributed by atoms with Crippen LogP contribution in [0.3, 0.4) is 0 Å². The second-order valence-corrected chi connectivity index (χ2v) is 6.36. The van der Waals surface area contributed by atoms with Gasteiger partial charge in [-0.15, -0.1) is 0 Å². The largest absolute Gasteiger partial charge is 0.334 e. The molecule has 0 unspecified atom stereocenters. The Morgan fingerprint density at radius 3 is 2.68 bits per heavy atom. The number of amides is 1. The number of aryl methyl sites for hydroxylation is 1. The number of hydrogen-bond acceptors (Lipinski definition) is 3. The lowest BCUT2D eigenvalue weighted by molar-refractivity contribution is 0.0701. The molecule has 0 bridgehead atoms. The highest BCUT2D eigenvalue weighted by atomic mass is 16.2. The summed E-state index contributed by atoms with van der Waals surface area (Å²) >= 11 is 0. The fourth-order valence-electron chi connectivity index (χ4n) is 2.54. The number of carbonyl (C=O) groups excluding carboxylic acids is 1. The summed E-state index contributed by atoms with van der Waals surface area (Å²) in [6, 6.07) is 2.24. The topological polar surface area (TPSA) is 50.2 Å². The minimum atomic E-state index is -0.0979. The van der Waals surface area contributed by atoms with Gasteiger partial charge in [0.25, 0.3) is 5.91 Å². The molecular weight excluding hydrogens is 240 g/mol. The fourth-order valence-corrected chi connectivity index (χ4v) is 2.54. The molecule has 1 aliphatic heterocycles. The molecule has 2 rings (SSSR count). The van der Waals surface area contributed by atoms with Crippen LogP contribution in [-0.4, -0.2) is 46.3 Å². The third kappa shape index (κ3) is 2.97. The summed E-state index contributed by atoms with van der Waals surface area (Å²) in [7, 11) is 0. The summed E-state index contributed by atoms with van der Waals surface area (Å²) < 4.78 is 1.92. The van der Waals surface area contributed by atoms with Crippen molar-refractivity contribution in [3.63, 3.8) is 0 Å². The zero-order valence-electron chi connectivity index (χ0n) is 12.5. The van der Waals surface area contributed by atoms with Crippen molar-refractivity contribution >= 4 is 5.91 Å². The number of nitrogens with zero attached hydrogens (tertiary/aromatic N) is 3. The van der Waals surface area contributed by atoms with E-state index in [1.54, 1.807) is 0 Å². The number of carbonyl (C=O) groups is 1. The van der Waals surface area contributed by atoms with Crippen molar-refractivity contribution in [3.05, 3.63) is 17.5 Å². The van der Waals surface area contributed by atoms with Gasteiger partial charge in [0.15, 0.2) is 5.69 Å². The average Bonchev–Trinajstić information content (AvgIpc) is 2.70. The molecule has 1 aliphatic rings. The van der Waals surface area contributed by atoms with Gasteiger partial charge in [0.2, 0.25) is 0 Å². The van der Waals surface area contributed by atoms with E-state index in [2.05, 4.69) is 38.1 Å². The Labute approximate surface area is 115 Å². The van der Waals surface area contributed by atoms with Crippen molar-refractivity contribution < 1.29 is 4.79 Å². The molecule has 1 aromatic heterocycles. The maximum Gasteiger partial charge on any atom is 0.274 e. The van der Waals surface area contributed by atoms with E-state index >= 15 is 0 Å². The molecule has 0 radical (unpaired) electrons. The van der Waals surface area contributed by atoms with E-state index < -0.39 is 0 Å². The van der Waals surface area contributed by atoms with Crippen LogP contribution < -0.4 is 5.32 Å². The quantitative estimate of drug-likeness (QED) is 0.833. The first-order chi connectivity index (χ1) is 8.79. The molecule has 0 spiro atoms. The van der Waals surface area contributed by atoms with E-state index in [-0.39, 0.29) is 11.4 Å². The van der Waals surface area contributed by atoms with Gasteiger partial charge >= 0.3 is 0 Å². The fraction of sp³-hybridized carbons (Fsp3) is 0.714. The molecule has 0 saturated carbocycles. The SMILES string of the molecule is Cc1cc(C(=O)N2CCN[C@H](C)C2)nn1C(C)(C)C. The molecule has 1 fully saturated rings. The molecule has 1 amide bonds. The van der Waals surface area contributed by atoms with E-state index in [0.29, 0.717) is 11.7 Å². The maximum atomic E-state index is 12.5. The van der Waals surface area contributed by atoms with Crippen molar-refractivity contribution in [1.82, 2.24) is 20.0 Å². The minimum absolute atomic E-state index is 0.0412. The number of rotatable bonds is 1. The lowest BCUT2D eigenvalue weighted by atomic mass is 10.1. The maximum absolute atomic E-state index is 12.5. The molecule has 0 aliphatic carbocycles. The zero-order chi connectivity index (χ0) is 14.2. The second kappa shape index (κ2) is 4.96. The number of aromatic nitrogens is 2. The summed E-state index contributed by atoms with van der Waals surface area (Å²) in [5, 5.41) is 7.83. The van der Waals surface area contributed by atoms with Gasteiger partial charge < -0.3 is 10.2 Å². The van der Waals surface area contributed by atoms with Crippen LogP contribution in [0.2, 0.25) is 0 Å². The summed E-state index contributed by atoms with van der Waals surface area (Å²) in [5.74, 6) is 0.0412. The number of hydrogen-bond donors (Lipinski definition) is 1. The molecular formula is C14H24N4O. The molecule has 106 valence electrons. The first-order valence-electron chi connectivity index (χ1n) is 6.89. The summed E-state index contributed by atoms with van der Waals surface area (Å²) in [4.78, 5) is 14.3. The molecule has 0 aromatic carbocycles. The third-order valence-electron chi connectivity index (χ3n) is 3.40. The molecule has 5 nitrogen and oxygen atoms in total. The molecule has 2 heterocycles. The molecule has 1 saturated heterocycles. The van der Waals surface area contributed by atoms with Gasteiger partial charge in [0.05, 0.1) is 5.54 Å². The minimum Gasteiger partial charge on any atom is -0.334 e. The summed E-state index contributed by atoms with van der Waals surface area (Å²) in [6.45, 7) is 12.7. The van der Waals surface area contributed by atoms with Crippen molar-refractivity contribution in [2.75, 3.05) is 19.6 Å². The summed E-state index contributed by atoms with van der Waals surface area (Å²) in [6.07, 6.45) is 0. The van der Waals surface area contributed by atoms with E-state index in [0.717, 1.165) is 25.3 Å². The molecule has 1 aromatic rings. The Kier molecular flexibility index (Phi) is 3.67. The normalized spacial score (nSPS) is 20.7. The van der Waals surface area contributed by atoms with Crippen LogP contribution in [0.5, 0.6) is 0 Å². The predicted molar refractivity (Wildman–Crippen MR) is 75.3 cm³/mol. The van der Waals surface area contributed by atoms with Crippen LogP contribution in [-0.2, 0) is 5.54 Å². The van der Waals surface area contributed by atoms with Gasteiger partial charge in [0, 0.05) is 31.4 Å². The van der Waals surface area contributed by atoms with Crippen LogP contribution >= 0.6 is 0 Å². The van der Waals surface area contributed by atoms with Crippen molar-refractivity contribution in [3.8, 4) is 0 Å². The second-order valence-electron chi connectivity index (χ2n) is 6.36. The molecule has 1 atom stereocenters. The van der Waals surface area contributed by atoms with E-state index in [4.69, 9.17) is 0 Å². The lowest BCUT2D eigenvalue weighted by Crippen LogP contribution is -2.51. The average molecular weight is 264 g/mol. The predicted octanol–water partition coefficient (Wildman–Crippen LogP) is 1.38. The van der Waals surface area contributed by atoms with Crippen molar-refractivity contribution in [1.29, 1.82) is 0 Å². The van der Waals surface area contributed by atoms with Crippen LogP contribution in [0, 0.1) is 6.92 Å². The number of nitrogens with one attached hydrogen (secondary N) is 1. The van der Waals surface area contributed by atoms with E-state index in [1.165, 1.54) is 0 Å². The summed E-state index contributed by atoms with van der Waals surface area (Å²) in [5.41, 5.74) is 1.49. The monoisotopic (exact) mass is 264 g/mol. The Balaban J connectivity index is 2.20. The standard InChI is InChI=1S/C14H24N4O/c1-10-9-17(7-6-15-10)13(19)12-8-11(2)18(16-12)14(3,4)5/h8,10,15H,6-7,9H2,1-5H3/t10-/m1/s1. The van der Waals surface area contributed by atoms with Crippen molar-refractivity contribution in [2.45, 2.75) is 46.2 Å². The number of piperazine rings is 1. The Hall–Kier alpha value is -1.36. The van der Waals surface area contributed by atoms with Gasteiger partial charge in [-0.1, -0.05) is 0 Å².